The zero-order valence-corrected chi connectivity index (χ0v) is 21.9. The average molecular weight is 565 g/mol. The summed E-state index contributed by atoms with van der Waals surface area (Å²) in [5.74, 6) is -0.149. The summed E-state index contributed by atoms with van der Waals surface area (Å²) in [4.78, 5) is 27.4. The van der Waals surface area contributed by atoms with Crippen molar-refractivity contribution in [1.29, 1.82) is 0 Å². The molecular formula is C29H27F3N6O3. The second kappa shape index (κ2) is 10.0. The molecule has 1 saturated heterocycles. The van der Waals surface area contributed by atoms with Crippen LogP contribution in [0.5, 0.6) is 5.75 Å². The van der Waals surface area contributed by atoms with Gasteiger partial charge in [-0.1, -0.05) is 18.2 Å². The highest BCUT2D eigenvalue weighted by Crippen LogP contribution is 2.43. The number of carboxylic acid groups (broad SMARTS) is 1. The molecule has 2 aromatic heterocycles. The number of anilines is 1. The van der Waals surface area contributed by atoms with Crippen LogP contribution < -0.4 is 15.0 Å². The van der Waals surface area contributed by atoms with Crippen molar-refractivity contribution in [2.24, 2.45) is 17.8 Å². The molecule has 9 nitrogen and oxygen atoms in total. The molecule has 212 valence electrons. The van der Waals surface area contributed by atoms with Crippen LogP contribution in [0.25, 0.3) is 22.2 Å². The van der Waals surface area contributed by atoms with E-state index in [1.54, 1.807) is 36.7 Å². The van der Waals surface area contributed by atoms with E-state index < -0.39 is 24.4 Å². The Bertz CT molecular complexity index is 1610. The van der Waals surface area contributed by atoms with E-state index in [9.17, 15) is 18.7 Å². The number of aliphatic carboxylic acids is 1. The first kappa shape index (κ1) is 25.8. The predicted octanol–water partition coefficient (Wildman–Crippen LogP) is 4.47. The first-order valence-corrected chi connectivity index (χ1v) is 13.6. The SMILES string of the molecule is O=C(O)C1C2CC[C@@H]1CN(c1ncc(-c3cc4c(cc3F)nc3n4[C@@H](c4ccccc4OC(F)F)CNC3)cn1)C2. The van der Waals surface area contributed by atoms with Crippen LogP contribution in [0, 0.1) is 23.6 Å². The smallest absolute Gasteiger partial charge is 0.387 e. The number of carbonyl (C=O) groups is 1. The summed E-state index contributed by atoms with van der Waals surface area (Å²) in [6, 6.07) is 9.33. The number of ether oxygens (including phenoxy) is 1. The number of aromatic nitrogens is 4. The van der Waals surface area contributed by atoms with Crippen LogP contribution in [0.15, 0.2) is 48.8 Å². The first-order chi connectivity index (χ1) is 19.9. The van der Waals surface area contributed by atoms with Gasteiger partial charge in [-0.2, -0.15) is 8.78 Å². The quantitative estimate of drug-likeness (QED) is 0.354. The number of nitrogens with zero attached hydrogens (tertiary/aromatic N) is 5. The number of para-hydroxylation sites is 1. The summed E-state index contributed by atoms with van der Waals surface area (Å²) < 4.78 is 48.4. The molecule has 41 heavy (non-hydrogen) atoms. The number of piperidine rings is 1. The van der Waals surface area contributed by atoms with Crippen molar-refractivity contribution in [1.82, 2.24) is 24.8 Å². The highest BCUT2D eigenvalue weighted by Gasteiger charge is 2.46. The Hall–Kier alpha value is -4.19. The Morgan fingerprint density at radius 2 is 1.83 bits per heavy atom. The molecule has 7 rings (SSSR count). The molecule has 1 saturated carbocycles. The van der Waals surface area contributed by atoms with Crippen LogP contribution in [-0.2, 0) is 11.3 Å². The highest BCUT2D eigenvalue weighted by atomic mass is 19.3. The molecule has 2 aliphatic heterocycles. The Labute approximate surface area is 233 Å². The summed E-state index contributed by atoms with van der Waals surface area (Å²) >= 11 is 0. The fourth-order valence-corrected chi connectivity index (χ4v) is 6.89. The molecule has 2 aromatic carbocycles. The van der Waals surface area contributed by atoms with Crippen LogP contribution in [0.1, 0.15) is 30.3 Å². The molecule has 0 amide bonds. The van der Waals surface area contributed by atoms with Gasteiger partial charge in [0.2, 0.25) is 5.95 Å². The van der Waals surface area contributed by atoms with Crippen LogP contribution >= 0.6 is 0 Å². The standard InChI is InChI=1S/C29H27F3N6O3/c30-20-8-21-22(38-23(11-33-12-25(38)36-21)18-3-1-2-4-24(18)41-28(31)32)7-19(20)17-9-34-29(35-10-17)37-13-15-5-6-16(14-37)26(15)27(39)40/h1-4,7-10,15-16,23,26,28,33H,5-6,11-14H2,(H,39,40)/t15-,16?,23-,26?/m1/s1. The minimum atomic E-state index is -2.96. The lowest BCUT2D eigenvalue weighted by Gasteiger charge is -2.35. The van der Waals surface area contributed by atoms with Gasteiger partial charge >= 0.3 is 12.6 Å². The van der Waals surface area contributed by atoms with Crippen molar-refractivity contribution in [3.63, 3.8) is 0 Å². The van der Waals surface area contributed by atoms with Gasteiger partial charge in [0.15, 0.2) is 0 Å². The zero-order valence-electron chi connectivity index (χ0n) is 21.9. The maximum absolute atomic E-state index is 15.4. The third kappa shape index (κ3) is 4.46. The van der Waals surface area contributed by atoms with E-state index in [0.29, 0.717) is 65.7 Å². The Morgan fingerprint density at radius 1 is 1.10 bits per heavy atom. The lowest BCUT2D eigenvalue weighted by atomic mass is 9.85. The summed E-state index contributed by atoms with van der Waals surface area (Å²) in [6.45, 7) is -0.900. The first-order valence-electron chi connectivity index (χ1n) is 13.6. The van der Waals surface area contributed by atoms with Crippen molar-refractivity contribution in [2.75, 3.05) is 24.5 Å². The number of fused-ring (bicyclic) bond motifs is 5. The molecule has 12 heteroatoms. The van der Waals surface area contributed by atoms with E-state index in [2.05, 4.69) is 20.3 Å². The molecule has 4 heterocycles. The normalized spacial score (nSPS) is 23.7. The van der Waals surface area contributed by atoms with Crippen molar-refractivity contribution in [3.8, 4) is 16.9 Å². The van der Waals surface area contributed by atoms with Crippen molar-refractivity contribution in [3.05, 3.63) is 66.0 Å². The third-order valence-corrected chi connectivity index (χ3v) is 8.63. The Balaban J connectivity index is 1.22. The predicted molar refractivity (Wildman–Crippen MR) is 143 cm³/mol. The number of hydrogen-bond acceptors (Lipinski definition) is 7. The van der Waals surface area contributed by atoms with Crippen LogP contribution in [0.3, 0.4) is 0 Å². The molecule has 3 aliphatic rings. The maximum Gasteiger partial charge on any atom is 0.387 e. The molecular weight excluding hydrogens is 537 g/mol. The number of imidazole rings is 1. The summed E-state index contributed by atoms with van der Waals surface area (Å²) in [5, 5.41) is 12.9. The zero-order chi connectivity index (χ0) is 28.2. The molecule has 2 fully saturated rings. The molecule has 2 unspecified atom stereocenters. The fraction of sp³-hybridized carbons (Fsp3) is 0.379. The van der Waals surface area contributed by atoms with E-state index in [0.717, 1.165) is 12.8 Å². The Kier molecular flexibility index (Phi) is 6.29. The van der Waals surface area contributed by atoms with Gasteiger partial charge in [0.25, 0.3) is 0 Å². The van der Waals surface area contributed by atoms with Gasteiger partial charge in [0.1, 0.15) is 17.4 Å². The van der Waals surface area contributed by atoms with Crippen LogP contribution in [0.4, 0.5) is 19.1 Å². The van der Waals surface area contributed by atoms with Crippen molar-refractivity contribution < 1.29 is 27.8 Å². The van der Waals surface area contributed by atoms with E-state index in [-0.39, 0.29) is 23.5 Å². The summed E-state index contributed by atoms with van der Waals surface area (Å²) in [7, 11) is 0. The number of rotatable bonds is 6. The number of hydrogen-bond donors (Lipinski definition) is 2. The number of halogens is 3. The van der Waals surface area contributed by atoms with Gasteiger partial charge < -0.3 is 24.6 Å². The maximum atomic E-state index is 15.4. The van der Waals surface area contributed by atoms with Crippen molar-refractivity contribution >= 4 is 23.0 Å². The molecule has 1 aliphatic carbocycles. The topological polar surface area (TPSA) is 105 Å². The second-order valence-corrected chi connectivity index (χ2v) is 10.9. The average Bonchev–Trinajstić information content (AvgIpc) is 3.46. The number of benzene rings is 2. The van der Waals surface area contributed by atoms with Gasteiger partial charge in [0.05, 0.1) is 29.5 Å². The number of alkyl halides is 2. The van der Waals surface area contributed by atoms with E-state index in [1.165, 1.54) is 12.1 Å². The van der Waals surface area contributed by atoms with Crippen LogP contribution in [-0.4, -0.2) is 56.8 Å². The summed E-state index contributed by atoms with van der Waals surface area (Å²) in [5.41, 5.74) is 2.47. The third-order valence-electron chi connectivity index (χ3n) is 8.63. The monoisotopic (exact) mass is 564 g/mol. The molecule has 0 radical (unpaired) electrons. The molecule has 4 atom stereocenters. The van der Waals surface area contributed by atoms with Gasteiger partial charge in [-0.3, -0.25) is 4.79 Å². The molecule has 4 aromatic rings. The van der Waals surface area contributed by atoms with Crippen molar-refractivity contribution in [2.45, 2.75) is 32.0 Å². The lowest BCUT2D eigenvalue weighted by molar-refractivity contribution is -0.144. The van der Waals surface area contributed by atoms with Gasteiger partial charge in [0, 0.05) is 54.8 Å². The number of nitrogens with one attached hydrogen (secondary N) is 1. The molecule has 2 bridgehead atoms. The summed E-state index contributed by atoms with van der Waals surface area (Å²) in [6.07, 6.45) is 4.92. The highest BCUT2D eigenvalue weighted by molar-refractivity contribution is 5.83. The van der Waals surface area contributed by atoms with Crippen LogP contribution in [0.2, 0.25) is 0 Å². The number of carboxylic acids is 1. The van der Waals surface area contributed by atoms with Gasteiger partial charge in [-0.15, -0.1) is 0 Å². The minimum absolute atomic E-state index is 0.0704. The largest absolute Gasteiger partial charge is 0.481 e. The second-order valence-electron chi connectivity index (χ2n) is 10.9. The van der Waals surface area contributed by atoms with E-state index in [1.807, 2.05) is 9.47 Å². The molecule has 0 spiro atoms. The van der Waals surface area contributed by atoms with E-state index >= 15 is 4.39 Å². The minimum Gasteiger partial charge on any atom is -0.481 e. The van der Waals surface area contributed by atoms with Gasteiger partial charge in [-0.05, 0) is 36.8 Å². The molecule has 2 N–H and O–H groups in total. The van der Waals surface area contributed by atoms with E-state index in [4.69, 9.17) is 4.74 Å². The lowest BCUT2D eigenvalue weighted by Crippen LogP contribution is -2.45. The fourth-order valence-electron chi connectivity index (χ4n) is 6.89. The van der Waals surface area contributed by atoms with Gasteiger partial charge in [-0.25, -0.2) is 19.3 Å². The Morgan fingerprint density at radius 3 is 2.54 bits per heavy atom.